The zero-order valence-electron chi connectivity index (χ0n) is 10.3. The van der Waals surface area contributed by atoms with Gasteiger partial charge in [0.1, 0.15) is 0 Å². The van der Waals surface area contributed by atoms with E-state index in [0.717, 1.165) is 11.8 Å². The fraction of sp³-hybridized carbons (Fsp3) is 0.222. The minimum atomic E-state index is 0.903. The highest BCUT2D eigenvalue weighted by Crippen LogP contribution is 2.64. The zero-order valence-corrected chi connectivity index (χ0v) is 10.3. The standard InChI is InChI=1S/C18H16/c1-3-7-13(8-4-1)17(14-9-5-2-6-10-14)18-15-11-12-16(15)18/h1-10,15-16H,11-12H2. The molecule has 0 heteroatoms. The van der Waals surface area contributed by atoms with Crippen molar-refractivity contribution in [1.29, 1.82) is 0 Å². The summed E-state index contributed by atoms with van der Waals surface area (Å²) in [5.74, 6) is 1.81. The van der Waals surface area contributed by atoms with Gasteiger partial charge in [-0.15, -0.1) is 0 Å². The molecular formula is C18H16. The number of benzene rings is 2. The van der Waals surface area contributed by atoms with Crippen molar-refractivity contribution in [2.75, 3.05) is 0 Å². The Hall–Kier alpha value is -1.82. The zero-order chi connectivity index (χ0) is 11.9. The van der Waals surface area contributed by atoms with Gasteiger partial charge < -0.3 is 0 Å². The molecule has 0 radical (unpaired) electrons. The molecule has 2 aromatic rings. The van der Waals surface area contributed by atoms with Crippen molar-refractivity contribution in [3.63, 3.8) is 0 Å². The molecule has 2 atom stereocenters. The summed E-state index contributed by atoms with van der Waals surface area (Å²) in [6.07, 6.45) is 2.81. The van der Waals surface area contributed by atoms with Crippen molar-refractivity contribution >= 4 is 5.57 Å². The van der Waals surface area contributed by atoms with Gasteiger partial charge in [-0.1, -0.05) is 66.2 Å². The summed E-state index contributed by atoms with van der Waals surface area (Å²) in [5.41, 5.74) is 5.98. The fourth-order valence-electron chi connectivity index (χ4n) is 3.27. The molecule has 2 aromatic carbocycles. The quantitative estimate of drug-likeness (QED) is 0.713. The van der Waals surface area contributed by atoms with Crippen molar-refractivity contribution in [1.82, 2.24) is 0 Å². The van der Waals surface area contributed by atoms with Crippen molar-refractivity contribution in [2.45, 2.75) is 12.8 Å². The lowest BCUT2D eigenvalue weighted by Gasteiger charge is -2.08. The van der Waals surface area contributed by atoms with E-state index in [4.69, 9.17) is 0 Å². The van der Waals surface area contributed by atoms with Crippen molar-refractivity contribution in [3.8, 4) is 0 Å². The van der Waals surface area contributed by atoms with E-state index in [2.05, 4.69) is 60.7 Å². The van der Waals surface area contributed by atoms with E-state index in [9.17, 15) is 0 Å². The third-order valence-electron chi connectivity index (χ3n) is 4.38. The van der Waals surface area contributed by atoms with E-state index in [1.54, 1.807) is 5.57 Å². The number of fused-ring (bicyclic) bond motifs is 1. The molecule has 0 bridgehead atoms. The summed E-state index contributed by atoms with van der Waals surface area (Å²) in [6, 6.07) is 21.7. The Labute approximate surface area is 108 Å². The van der Waals surface area contributed by atoms with Crippen LogP contribution in [0.1, 0.15) is 24.0 Å². The van der Waals surface area contributed by atoms with Crippen LogP contribution in [0.15, 0.2) is 66.2 Å². The number of hydrogen-bond donors (Lipinski definition) is 0. The van der Waals surface area contributed by atoms with E-state index >= 15 is 0 Å². The van der Waals surface area contributed by atoms with E-state index in [1.165, 1.54) is 29.5 Å². The Kier molecular flexibility index (Phi) is 2.16. The minimum absolute atomic E-state index is 0.903. The molecule has 2 aliphatic rings. The third kappa shape index (κ3) is 1.45. The molecule has 2 unspecified atom stereocenters. The lowest BCUT2D eigenvalue weighted by molar-refractivity contribution is 0.468. The molecule has 2 saturated carbocycles. The molecule has 0 aromatic heterocycles. The summed E-state index contributed by atoms with van der Waals surface area (Å²) in [5, 5.41) is 0. The lowest BCUT2D eigenvalue weighted by Crippen LogP contribution is -1.93. The van der Waals surface area contributed by atoms with Gasteiger partial charge in [0.05, 0.1) is 0 Å². The van der Waals surface area contributed by atoms with E-state index in [1.807, 2.05) is 0 Å². The van der Waals surface area contributed by atoms with Gasteiger partial charge in [-0.3, -0.25) is 0 Å². The van der Waals surface area contributed by atoms with Crippen LogP contribution in [0.2, 0.25) is 0 Å². The van der Waals surface area contributed by atoms with Gasteiger partial charge in [0, 0.05) is 0 Å². The highest BCUT2D eigenvalue weighted by molar-refractivity contribution is 5.85. The van der Waals surface area contributed by atoms with Crippen LogP contribution in [0.4, 0.5) is 0 Å². The molecule has 0 spiro atoms. The van der Waals surface area contributed by atoms with Crippen LogP contribution in [-0.4, -0.2) is 0 Å². The first kappa shape index (κ1) is 10.1. The van der Waals surface area contributed by atoms with Crippen molar-refractivity contribution < 1.29 is 0 Å². The van der Waals surface area contributed by atoms with Gasteiger partial charge in [0.2, 0.25) is 0 Å². The summed E-state index contributed by atoms with van der Waals surface area (Å²) in [7, 11) is 0. The summed E-state index contributed by atoms with van der Waals surface area (Å²) < 4.78 is 0. The third-order valence-corrected chi connectivity index (χ3v) is 4.38. The van der Waals surface area contributed by atoms with Crippen LogP contribution >= 0.6 is 0 Å². The summed E-state index contributed by atoms with van der Waals surface area (Å²) in [6.45, 7) is 0. The molecule has 18 heavy (non-hydrogen) atoms. The molecular weight excluding hydrogens is 216 g/mol. The minimum Gasteiger partial charge on any atom is -0.0622 e. The summed E-state index contributed by atoms with van der Waals surface area (Å²) >= 11 is 0. The molecule has 2 aliphatic carbocycles. The molecule has 0 aliphatic heterocycles. The topological polar surface area (TPSA) is 0 Å². The van der Waals surface area contributed by atoms with Crippen LogP contribution in [0.3, 0.4) is 0 Å². The second-order valence-electron chi connectivity index (χ2n) is 5.35. The Bertz CT molecular complexity index is 539. The van der Waals surface area contributed by atoms with Crippen LogP contribution < -0.4 is 0 Å². The van der Waals surface area contributed by atoms with Gasteiger partial charge in [0.25, 0.3) is 0 Å². The highest BCUT2D eigenvalue weighted by atomic mass is 14.6. The smallest absolute Gasteiger partial charge is 0.0113 e. The first-order chi connectivity index (χ1) is 8.95. The Balaban J connectivity index is 1.88. The van der Waals surface area contributed by atoms with Gasteiger partial charge in [0.15, 0.2) is 0 Å². The van der Waals surface area contributed by atoms with Crippen LogP contribution in [0.25, 0.3) is 5.57 Å². The van der Waals surface area contributed by atoms with Gasteiger partial charge >= 0.3 is 0 Å². The average Bonchev–Trinajstić information content (AvgIpc) is 2.92. The predicted octanol–water partition coefficient (Wildman–Crippen LogP) is 4.53. The van der Waals surface area contributed by atoms with E-state index in [-0.39, 0.29) is 0 Å². The molecule has 0 heterocycles. The average molecular weight is 232 g/mol. The number of allylic oxidation sites excluding steroid dienone is 1. The molecule has 0 nitrogen and oxygen atoms in total. The lowest BCUT2D eigenvalue weighted by atomic mass is 9.96. The van der Waals surface area contributed by atoms with Crippen LogP contribution in [-0.2, 0) is 0 Å². The molecule has 88 valence electrons. The SMILES string of the molecule is c1ccc(C(=C2C3CCC23)c2ccccc2)cc1. The molecule has 0 N–H and O–H groups in total. The fourth-order valence-corrected chi connectivity index (χ4v) is 3.27. The second kappa shape index (κ2) is 3.84. The van der Waals surface area contributed by atoms with E-state index in [0.29, 0.717) is 0 Å². The van der Waals surface area contributed by atoms with Gasteiger partial charge in [-0.25, -0.2) is 0 Å². The van der Waals surface area contributed by atoms with Crippen molar-refractivity contribution in [3.05, 3.63) is 77.4 Å². The molecule has 2 fully saturated rings. The maximum absolute atomic E-state index is 2.24. The van der Waals surface area contributed by atoms with Crippen molar-refractivity contribution in [2.24, 2.45) is 11.8 Å². The Morgan fingerprint density at radius 1 is 0.667 bits per heavy atom. The second-order valence-corrected chi connectivity index (χ2v) is 5.35. The Morgan fingerprint density at radius 3 is 1.50 bits per heavy atom. The summed E-state index contributed by atoms with van der Waals surface area (Å²) in [4.78, 5) is 0. The number of rotatable bonds is 2. The maximum atomic E-state index is 2.24. The van der Waals surface area contributed by atoms with Crippen LogP contribution in [0, 0.1) is 11.8 Å². The highest BCUT2D eigenvalue weighted by Gasteiger charge is 2.52. The molecule has 4 rings (SSSR count). The normalized spacial score (nSPS) is 24.1. The number of hydrogen-bond acceptors (Lipinski definition) is 0. The van der Waals surface area contributed by atoms with E-state index < -0.39 is 0 Å². The molecule has 0 amide bonds. The first-order valence-corrected chi connectivity index (χ1v) is 6.80. The Morgan fingerprint density at radius 2 is 1.11 bits per heavy atom. The maximum Gasteiger partial charge on any atom is -0.0113 e. The molecule has 0 saturated heterocycles. The van der Waals surface area contributed by atoms with Gasteiger partial charge in [-0.05, 0) is 41.4 Å². The van der Waals surface area contributed by atoms with Gasteiger partial charge in [-0.2, -0.15) is 0 Å². The first-order valence-electron chi connectivity index (χ1n) is 6.80. The predicted molar refractivity (Wildman–Crippen MR) is 75.1 cm³/mol. The van der Waals surface area contributed by atoms with Crippen LogP contribution in [0.5, 0.6) is 0 Å². The monoisotopic (exact) mass is 232 g/mol. The largest absolute Gasteiger partial charge is 0.0622 e.